The summed E-state index contributed by atoms with van der Waals surface area (Å²) in [7, 11) is 0. The first-order valence-corrected chi connectivity index (χ1v) is 10.4. The molecule has 1 aliphatic heterocycles. The third-order valence-corrected chi connectivity index (χ3v) is 5.72. The quantitative estimate of drug-likeness (QED) is 0.785. The number of carbonyl (C=O) groups excluding carboxylic acids is 2. The number of aliphatic imine (C=N–C) groups is 1. The molecule has 2 amide bonds. The number of anilines is 1. The minimum atomic E-state index is -0.412. The van der Waals surface area contributed by atoms with Crippen LogP contribution in [0.3, 0.4) is 0 Å². The fourth-order valence-corrected chi connectivity index (χ4v) is 4.16. The van der Waals surface area contributed by atoms with Gasteiger partial charge in [0.2, 0.25) is 11.8 Å². The molecule has 7 heteroatoms. The van der Waals surface area contributed by atoms with Crippen LogP contribution >= 0.6 is 23.4 Å². The zero-order chi connectivity index (χ0) is 20.1. The van der Waals surface area contributed by atoms with E-state index < -0.39 is 6.04 Å². The van der Waals surface area contributed by atoms with E-state index in [0.29, 0.717) is 15.9 Å². The third kappa shape index (κ3) is 5.14. The van der Waals surface area contributed by atoms with E-state index >= 15 is 0 Å². The molecule has 0 spiro atoms. The number of hydrogen-bond donors (Lipinski definition) is 1. The number of carbonyl (C=O) groups is 2. The van der Waals surface area contributed by atoms with Gasteiger partial charge in [0.15, 0.2) is 5.17 Å². The van der Waals surface area contributed by atoms with Gasteiger partial charge in [0.25, 0.3) is 0 Å². The molecular weight excluding hydrogens is 394 g/mol. The van der Waals surface area contributed by atoms with E-state index in [1.807, 2.05) is 49.4 Å². The lowest BCUT2D eigenvalue weighted by Crippen LogP contribution is -2.38. The van der Waals surface area contributed by atoms with Gasteiger partial charge in [-0.25, -0.2) is 0 Å². The van der Waals surface area contributed by atoms with Crippen molar-refractivity contribution in [1.29, 1.82) is 0 Å². The van der Waals surface area contributed by atoms with Crippen LogP contribution in [0.15, 0.2) is 59.6 Å². The highest BCUT2D eigenvalue weighted by Gasteiger charge is 2.29. The summed E-state index contributed by atoms with van der Waals surface area (Å²) in [6.45, 7) is 3.48. The van der Waals surface area contributed by atoms with E-state index in [4.69, 9.17) is 11.6 Å². The maximum absolute atomic E-state index is 13.3. The molecule has 146 valence electrons. The molecular formula is C21H22ClN3O2S. The van der Waals surface area contributed by atoms with Crippen LogP contribution in [0.2, 0.25) is 5.02 Å². The van der Waals surface area contributed by atoms with Gasteiger partial charge in [-0.05, 0) is 36.8 Å². The smallest absolute Gasteiger partial charge is 0.235 e. The van der Waals surface area contributed by atoms with Crippen molar-refractivity contribution in [3.05, 3.63) is 65.2 Å². The number of benzene rings is 2. The molecule has 0 saturated heterocycles. The fraction of sp³-hybridized carbons (Fsp3) is 0.286. The maximum Gasteiger partial charge on any atom is 0.235 e. The molecule has 1 N–H and O–H groups in total. The average molecular weight is 416 g/mol. The zero-order valence-corrected chi connectivity index (χ0v) is 17.3. The average Bonchev–Trinajstić information content (AvgIpc) is 3.09. The molecule has 0 unspecified atom stereocenters. The van der Waals surface area contributed by atoms with Crippen LogP contribution in [-0.2, 0) is 9.59 Å². The van der Waals surface area contributed by atoms with Crippen LogP contribution in [0.25, 0.3) is 0 Å². The highest BCUT2D eigenvalue weighted by molar-refractivity contribution is 8.14. The van der Waals surface area contributed by atoms with E-state index in [9.17, 15) is 9.59 Å². The van der Waals surface area contributed by atoms with Crippen LogP contribution in [0.5, 0.6) is 0 Å². The van der Waals surface area contributed by atoms with Gasteiger partial charge >= 0.3 is 0 Å². The number of nitrogens with zero attached hydrogens (tertiary/aromatic N) is 2. The Morgan fingerprint density at radius 1 is 1.21 bits per heavy atom. The Hall–Kier alpha value is -2.31. The Balaban J connectivity index is 1.90. The van der Waals surface area contributed by atoms with Gasteiger partial charge < -0.3 is 5.32 Å². The summed E-state index contributed by atoms with van der Waals surface area (Å²) in [4.78, 5) is 31.3. The second-order valence-electron chi connectivity index (χ2n) is 6.65. The van der Waals surface area contributed by atoms with Crippen molar-refractivity contribution in [3.8, 4) is 0 Å². The van der Waals surface area contributed by atoms with Gasteiger partial charge in [0.1, 0.15) is 0 Å². The predicted molar refractivity (Wildman–Crippen MR) is 116 cm³/mol. The molecule has 0 radical (unpaired) electrons. The molecule has 2 aromatic carbocycles. The summed E-state index contributed by atoms with van der Waals surface area (Å²) < 4.78 is 0. The Kier molecular flexibility index (Phi) is 6.75. The maximum atomic E-state index is 13.3. The summed E-state index contributed by atoms with van der Waals surface area (Å²) in [5.41, 5.74) is 1.60. The zero-order valence-electron chi connectivity index (χ0n) is 15.8. The predicted octanol–water partition coefficient (Wildman–Crippen LogP) is 4.43. The van der Waals surface area contributed by atoms with Gasteiger partial charge in [-0.1, -0.05) is 53.7 Å². The van der Waals surface area contributed by atoms with Gasteiger partial charge in [-0.15, -0.1) is 0 Å². The molecule has 0 aromatic heterocycles. The number of amides is 2. The first kappa shape index (κ1) is 20.4. The Morgan fingerprint density at radius 3 is 2.46 bits per heavy atom. The molecule has 1 aliphatic rings. The van der Waals surface area contributed by atoms with Gasteiger partial charge in [-0.3, -0.25) is 19.5 Å². The standard InChI is InChI=1S/C21H22ClN3O2S/c1-14-13-28-21(23-14)25(18-10-8-17(22)9-11-18)20(27)12-19(24-15(2)26)16-6-4-3-5-7-16/h3-11,14,19H,12-13H2,1-2H3,(H,24,26)/t14-,19+/m1/s1. The Labute approximate surface area is 174 Å². The normalized spacial score (nSPS) is 17.0. The summed E-state index contributed by atoms with van der Waals surface area (Å²) in [5, 5.41) is 4.17. The first-order chi connectivity index (χ1) is 13.4. The lowest BCUT2D eigenvalue weighted by molar-refractivity contribution is -0.121. The fourth-order valence-electron chi connectivity index (χ4n) is 2.98. The molecule has 2 aromatic rings. The molecule has 0 aliphatic carbocycles. The molecule has 28 heavy (non-hydrogen) atoms. The van der Waals surface area contributed by atoms with Crippen molar-refractivity contribution in [3.63, 3.8) is 0 Å². The van der Waals surface area contributed by atoms with E-state index in [1.54, 1.807) is 28.8 Å². The molecule has 5 nitrogen and oxygen atoms in total. The van der Waals surface area contributed by atoms with Crippen molar-refractivity contribution >= 4 is 46.0 Å². The molecule has 3 rings (SSSR count). The lowest BCUT2D eigenvalue weighted by atomic mass is 10.0. The molecule has 0 bridgehead atoms. The van der Waals surface area contributed by atoms with Crippen molar-refractivity contribution < 1.29 is 9.59 Å². The van der Waals surface area contributed by atoms with Gasteiger partial charge in [-0.2, -0.15) is 0 Å². The number of hydrogen-bond acceptors (Lipinski definition) is 4. The largest absolute Gasteiger partial charge is 0.349 e. The van der Waals surface area contributed by atoms with Gasteiger partial charge in [0, 0.05) is 17.7 Å². The van der Waals surface area contributed by atoms with Crippen molar-refractivity contribution in [2.45, 2.75) is 32.4 Å². The SMILES string of the molecule is CC(=O)N[C@@H](CC(=O)N(C1=N[C@H](C)CS1)c1ccc(Cl)cc1)c1ccccc1. The molecule has 0 fully saturated rings. The second kappa shape index (κ2) is 9.26. The third-order valence-electron chi connectivity index (χ3n) is 4.27. The van der Waals surface area contributed by atoms with Crippen LogP contribution in [-0.4, -0.2) is 28.8 Å². The minimum absolute atomic E-state index is 0.125. The topological polar surface area (TPSA) is 61.8 Å². The number of thioether (sulfide) groups is 1. The molecule has 1 heterocycles. The highest BCUT2D eigenvalue weighted by Crippen LogP contribution is 2.29. The van der Waals surface area contributed by atoms with Crippen molar-refractivity contribution in [1.82, 2.24) is 5.32 Å². The van der Waals surface area contributed by atoms with Crippen LogP contribution in [0.1, 0.15) is 31.9 Å². The van der Waals surface area contributed by atoms with Crippen LogP contribution in [0.4, 0.5) is 5.69 Å². The van der Waals surface area contributed by atoms with E-state index in [-0.39, 0.29) is 24.3 Å². The molecule has 2 atom stereocenters. The van der Waals surface area contributed by atoms with Crippen molar-refractivity contribution in [2.24, 2.45) is 4.99 Å². The number of halogens is 1. The minimum Gasteiger partial charge on any atom is -0.349 e. The summed E-state index contributed by atoms with van der Waals surface area (Å²) in [6.07, 6.45) is 0.125. The number of amidine groups is 1. The summed E-state index contributed by atoms with van der Waals surface area (Å²) in [5.74, 6) is 0.520. The summed E-state index contributed by atoms with van der Waals surface area (Å²) in [6, 6.07) is 16.4. The van der Waals surface area contributed by atoms with E-state index in [1.165, 1.54) is 6.92 Å². The van der Waals surface area contributed by atoms with Crippen LogP contribution in [0, 0.1) is 0 Å². The van der Waals surface area contributed by atoms with E-state index in [0.717, 1.165) is 11.3 Å². The van der Waals surface area contributed by atoms with Crippen molar-refractivity contribution in [2.75, 3.05) is 10.7 Å². The summed E-state index contributed by atoms with van der Waals surface area (Å²) >= 11 is 7.57. The highest BCUT2D eigenvalue weighted by atomic mass is 35.5. The first-order valence-electron chi connectivity index (χ1n) is 9.05. The van der Waals surface area contributed by atoms with Crippen LogP contribution < -0.4 is 10.2 Å². The Morgan fingerprint density at radius 2 is 1.89 bits per heavy atom. The Bertz CT molecular complexity index is 871. The number of rotatable bonds is 5. The monoisotopic (exact) mass is 415 g/mol. The van der Waals surface area contributed by atoms with E-state index in [2.05, 4.69) is 10.3 Å². The second-order valence-corrected chi connectivity index (χ2v) is 8.07. The van der Waals surface area contributed by atoms with Gasteiger partial charge in [0.05, 0.1) is 24.2 Å². The lowest BCUT2D eigenvalue weighted by Gasteiger charge is -2.25. The molecule has 0 saturated carbocycles. The number of nitrogens with one attached hydrogen (secondary N) is 1.